The molecule has 0 spiro atoms. The Balaban J connectivity index is 2.02. The summed E-state index contributed by atoms with van der Waals surface area (Å²) in [6, 6.07) is 8.88. The van der Waals surface area contributed by atoms with Crippen molar-refractivity contribution < 1.29 is 13.2 Å². The van der Waals surface area contributed by atoms with Crippen LogP contribution in [-0.2, 0) is 19.0 Å². The molecule has 6 heteroatoms. The number of hydrazine groups is 1. The summed E-state index contributed by atoms with van der Waals surface area (Å²) in [7, 11) is 0. The number of nitrogens with zero attached hydrogens (tertiary/aromatic N) is 1. The van der Waals surface area contributed by atoms with Crippen molar-refractivity contribution >= 4 is 0 Å². The third-order valence-electron chi connectivity index (χ3n) is 3.23. The molecule has 21 heavy (non-hydrogen) atoms. The Morgan fingerprint density at radius 2 is 1.48 bits per heavy atom. The number of pyridine rings is 1. The molecule has 3 nitrogen and oxygen atoms in total. The zero-order chi connectivity index (χ0) is 15.3. The van der Waals surface area contributed by atoms with Crippen molar-refractivity contribution in [3.05, 3.63) is 65.5 Å². The molecular formula is C15H16F3N3. The van der Waals surface area contributed by atoms with Crippen LogP contribution in [0.4, 0.5) is 13.2 Å². The van der Waals surface area contributed by atoms with Crippen LogP contribution < -0.4 is 11.3 Å². The van der Waals surface area contributed by atoms with Crippen LogP contribution in [0.25, 0.3) is 0 Å². The van der Waals surface area contributed by atoms with Crippen LogP contribution in [0, 0.1) is 0 Å². The third kappa shape index (κ3) is 4.54. The summed E-state index contributed by atoms with van der Waals surface area (Å²) in [5, 5.41) is 0. The molecule has 0 aliphatic heterocycles. The third-order valence-corrected chi connectivity index (χ3v) is 3.23. The number of alkyl halides is 3. The Kier molecular flexibility index (Phi) is 4.93. The number of aromatic nitrogens is 1. The smallest absolute Gasteiger partial charge is 0.271 e. The Hall–Kier alpha value is -1.92. The largest absolute Gasteiger partial charge is 0.416 e. The van der Waals surface area contributed by atoms with Gasteiger partial charge in [-0.05, 0) is 48.2 Å². The first-order valence-electron chi connectivity index (χ1n) is 6.50. The molecule has 1 aromatic carbocycles. The Bertz CT molecular complexity index is 553. The fourth-order valence-corrected chi connectivity index (χ4v) is 2.11. The Morgan fingerprint density at radius 3 is 1.95 bits per heavy atom. The average molecular weight is 295 g/mol. The first-order chi connectivity index (χ1) is 9.99. The number of nitrogens with one attached hydrogen (secondary N) is 1. The van der Waals surface area contributed by atoms with Gasteiger partial charge in [-0.1, -0.05) is 12.1 Å². The van der Waals surface area contributed by atoms with Crippen molar-refractivity contribution in [2.24, 2.45) is 5.84 Å². The molecule has 0 aliphatic carbocycles. The van der Waals surface area contributed by atoms with Gasteiger partial charge in [-0.2, -0.15) is 13.2 Å². The molecule has 0 aliphatic rings. The molecule has 1 aromatic heterocycles. The summed E-state index contributed by atoms with van der Waals surface area (Å²) in [6.45, 7) is 0. The summed E-state index contributed by atoms with van der Waals surface area (Å²) >= 11 is 0. The van der Waals surface area contributed by atoms with E-state index in [-0.39, 0.29) is 6.04 Å². The fraction of sp³-hybridized carbons (Fsp3) is 0.267. The van der Waals surface area contributed by atoms with Crippen LogP contribution in [0.15, 0.2) is 48.8 Å². The highest BCUT2D eigenvalue weighted by molar-refractivity contribution is 5.25. The van der Waals surface area contributed by atoms with Gasteiger partial charge in [0.15, 0.2) is 0 Å². The van der Waals surface area contributed by atoms with Crippen molar-refractivity contribution in [1.82, 2.24) is 10.4 Å². The molecule has 0 saturated heterocycles. The lowest BCUT2D eigenvalue weighted by molar-refractivity contribution is -0.137. The first-order valence-corrected chi connectivity index (χ1v) is 6.50. The lowest BCUT2D eigenvalue weighted by Gasteiger charge is -2.16. The van der Waals surface area contributed by atoms with Gasteiger partial charge in [0.1, 0.15) is 0 Å². The maximum absolute atomic E-state index is 12.5. The summed E-state index contributed by atoms with van der Waals surface area (Å²) in [5.41, 5.74) is 3.94. The SMILES string of the molecule is NNC(Cc1ccncc1)Cc1ccc(C(F)(F)F)cc1. The molecular weight excluding hydrogens is 279 g/mol. The van der Waals surface area contributed by atoms with Crippen molar-refractivity contribution in [1.29, 1.82) is 0 Å². The second kappa shape index (κ2) is 6.69. The number of benzene rings is 1. The van der Waals surface area contributed by atoms with E-state index in [4.69, 9.17) is 5.84 Å². The highest BCUT2D eigenvalue weighted by Gasteiger charge is 2.29. The van der Waals surface area contributed by atoms with E-state index >= 15 is 0 Å². The van der Waals surface area contributed by atoms with Crippen LogP contribution in [-0.4, -0.2) is 11.0 Å². The monoisotopic (exact) mass is 295 g/mol. The van der Waals surface area contributed by atoms with Crippen LogP contribution in [0.2, 0.25) is 0 Å². The van der Waals surface area contributed by atoms with Crippen molar-refractivity contribution in [2.75, 3.05) is 0 Å². The minimum atomic E-state index is -4.30. The van der Waals surface area contributed by atoms with Gasteiger partial charge in [-0.15, -0.1) is 0 Å². The number of hydrogen-bond donors (Lipinski definition) is 2. The topological polar surface area (TPSA) is 50.9 Å². The molecule has 0 amide bonds. The van der Waals surface area contributed by atoms with E-state index in [9.17, 15) is 13.2 Å². The lowest BCUT2D eigenvalue weighted by atomic mass is 9.99. The zero-order valence-corrected chi connectivity index (χ0v) is 11.3. The number of halogens is 3. The van der Waals surface area contributed by atoms with E-state index in [1.54, 1.807) is 12.4 Å². The Labute approximate surface area is 121 Å². The number of nitrogens with two attached hydrogens (primary N) is 1. The van der Waals surface area contributed by atoms with Gasteiger partial charge in [0.25, 0.3) is 0 Å². The van der Waals surface area contributed by atoms with Crippen molar-refractivity contribution in [2.45, 2.75) is 25.1 Å². The predicted molar refractivity (Wildman–Crippen MR) is 74.2 cm³/mol. The summed E-state index contributed by atoms with van der Waals surface area (Å²) in [4.78, 5) is 3.94. The van der Waals surface area contributed by atoms with E-state index in [1.165, 1.54) is 12.1 Å². The van der Waals surface area contributed by atoms with Gasteiger partial charge in [-0.3, -0.25) is 16.3 Å². The molecule has 2 rings (SSSR count). The zero-order valence-electron chi connectivity index (χ0n) is 11.3. The molecule has 1 unspecified atom stereocenters. The van der Waals surface area contributed by atoms with Gasteiger partial charge in [0.2, 0.25) is 0 Å². The Morgan fingerprint density at radius 1 is 0.952 bits per heavy atom. The van der Waals surface area contributed by atoms with E-state index in [0.717, 1.165) is 23.3 Å². The van der Waals surface area contributed by atoms with E-state index in [1.807, 2.05) is 12.1 Å². The molecule has 0 bridgehead atoms. The second-order valence-corrected chi connectivity index (χ2v) is 4.82. The maximum Gasteiger partial charge on any atom is 0.416 e. The van der Waals surface area contributed by atoms with Gasteiger partial charge in [0, 0.05) is 18.4 Å². The normalized spacial score (nSPS) is 13.1. The predicted octanol–water partition coefficient (Wildman–Crippen LogP) is 2.72. The van der Waals surface area contributed by atoms with E-state index in [0.29, 0.717) is 12.8 Å². The van der Waals surface area contributed by atoms with E-state index < -0.39 is 11.7 Å². The molecule has 3 N–H and O–H groups in total. The molecule has 0 fully saturated rings. The van der Waals surface area contributed by atoms with Crippen LogP contribution in [0.1, 0.15) is 16.7 Å². The molecule has 112 valence electrons. The fourth-order valence-electron chi connectivity index (χ4n) is 2.11. The quantitative estimate of drug-likeness (QED) is 0.659. The van der Waals surface area contributed by atoms with Gasteiger partial charge < -0.3 is 0 Å². The summed E-state index contributed by atoms with van der Waals surface area (Å²) in [6.07, 6.45) is 0.320. The van der Waals surface area contributed by atoms with Crippen molar-refractivity contribution in [3.63, 3.8) is 0 Å². The van der Waals surface area contributed by atoms with Crippen LogP contribution >= 0.6 is 0 Å². The highest BCUT2D eigenvalue weighted by Crippen LogP contribution is 2.29. The number of rotatable bonds is 5. The first kappa shape index (κ1) is 15.5. The lowest BCUT2D eigenvalue weighted by Crippen LogP contribution is -2.38. The highest BCUT2D eigenvalue weighted by atomic mass is 19.4. The van der Waals surface area contributed by atoms with Crippen molar-refractivity contribution in [3.8, 4) is 0 Å². The molecule has 1 atom stereocenters. The molecule has 1 heterocycles. The minimum Gasteiger partial charge on any atom is -0.271 e. The molecule has 0 radical (unpaired) electrons. The van der Waals surface area contributed by atoms with E-state index in [2.05, 4.69) is 10.4 Å². The average Bonchev–Trinajstić information content (AvgIpc) is 2.47. The number of hydrogen-bond acceptors (Lipinski definition) is 3. The summed E-state index contributed by atoms with van der Waals surface area (Å²) < 4.78 is 37.5. The molecule has 0 saturated carbocycles. The van der Waals surface area contributed by atoms with Crippen LogP contribution in [0.3, 0.4) is 0 Å². The maximum atomic E-state index is 12.5. The van der Waals surface area contributed by atoms with Crippen LogP contribution in [0.5, 0.6) is 0 Å². The standard InChI is InChI=1S/C15H16F3N3/c16-15(17,18)13-3-1-11(2-4-13)9-14(21-19)10-12-5-7-20-8-6-12/h1-8,14,21H,9-10,19H2. The summed E-state index contributed by atoms with van der Waals surface area (Å²) in [5.74, 6) is 5.52. The molecule has 2 aromatic rings. The minimum absolute atomic E-state index is 0.0517. The second-order valence-electron chi connectivity index (χ2n) is 4.82. The van der Waals surface area contributed by atoms with Gasteiger partial charge >= 0.3 is 6.18 Å². The van der Waals surface area contributed by atoms with Gasteiger partial charge in [-0.25, -0.2) is 0 Å². The van der Waals surface area contributed by atoms with Gasteiger partial charge in [0.05, 0.1) is 5.56 Å².